The average Bonchev–Trinajstić information content (AvgIpc) is 3.08. The number of rotatable bonds is 3. The van der Waals surface area contributed by atoms with Crippen LogP contribution in [0.5, 0.6) is 5.75 Å². The first-order valence-electron chi connectivity index (χ1n) is 6.25. The predicted octanol–water partition coefficient (Wildman–Crippen LogP) is 4.35. The number of methoxy groups -OCH3 is 1. The molecule has 0 atom stereocenters. The number of thioether (sulfide) groups is 1. The lowest BCUT2D eigenvalue weighted by Crippen LogP contribution is -2.27. The van der Waals surface area contributed by atoms with Crippen LogP contribution in [0.4, 0.5) is 5.69 Å². The summed E-state index contributed by atoms with van der Waals surface area (Å²) in [5.74, 6) is 0.947. The zero-order chi connectivity index (χ0) is 15.7. The van der Waals surface area contributed by atoms with Gasteiger partial charge in [0.05, 0.1) is 29.0 Å². The molecule has 1 saturated heterocycles. The normalized spacial score (nSPS) is 16.6. The van der Waals surface area contributed by atoms with Crippen molar-refractivity contribution in [3.63, 3.8) is 0 Å². The second-order valence-electron chi connectivity index (χ2n) is 4.35. The molecule has 7 heteroatoms. The van der Waals surface area contributed by atoms with Crippen molar-refractivity contribution >= 4 is 57.6 Å². The molecule has 112 valence electrons. The van der Waals surface area contributed by atoms with Crippen LogP contribution in [0.1, 0.15) is 5.76 Å². The lowest BCUT2D eigenvalue weighted by Gasteiger charge is -2.15. The van der Waals surface area contributed by atoms with E-state index in [2.05, 4.69) is 0 Å². The van der Waals surface area contributed by atoms with E-state index in [0.29, 0.717) is 31.4 Å². The van der Waals surface area contributed by atoms with Crippen LogP contribution < -0.4 is 9.64 Å². The third-order valence-electron chi connectivity index (χ3n) is 3.00. The van der Waals surface area contributed by atoms with Gasteiger partial charge in [-0.2, -0.15) is 0 Å². The van der Waals surface area contributed by atoms with Crippen molar-refractivity contribution in [3.05, 3.63) is 52.3 Å². The van der Waals surface area contributed by atoms with Crippen molar-refractivity contribution in [2.45, 2.75) is 0 Å². The van der Waals surface area contributed by atoms with Gasteiger partial charge in [0.1, 0.15) is 11.5 Å². The van der Waals surface area contributed by atoms with Crippen molar-refractivity contribution < 1.29 is 13.9 Å². The van der Waals surface area contributed by atoms with Crippen molar-refractivity contribution in [2.75, 3.05) is 12.0 Å². The first kappa shape index (κ1) is 15.1. The van der Waals surface area contributed by atoms with Gasteiger partial charge in [-0.1, -0.05) is 35.6 Å². The zero-order valence-electron chi connectivity index (χ0n) is 11.4. The van der Waals surface area contributed by atoms with E-state index in [1.165, 1.54) is 23.8 Å². The van der Waals surface area contributed by atoms with E-state index in [1.807, 2.05) is 0 Å². The SMILES string of the molecule is COc1ccc(N2C(=O)/C(=C/c3ccco3)SC2=S)cc1Cl. The van der Waals surface area contributed by atoms with Gasteiger partial charge in [-0.05, 0) is 30.3 Å². The Hall–Kier alpha value is -1.76. The molecule has 0 aliphatic carbocycles. The van der Waals surface area contributed by atoms with Gasteiger partial charge in [0.25, 0.3) is 5.91 Å². The van der Waals surface area contributed by atoms with Crippen LogP contribution in [-0.2, 0) is 4.79 Å². The van der Waals surface area contributed by atoms with E-state index < -0.39 is 0 Å². The van der Waals surface area contributed by atoms with Gasteiger partial charge < -0.3 is 9.15 Å². The number of furan rings is 1. The van der Waals surface area contributed by atoms with Gasteiger partial charge in [-0.15, -0.1) is 0 Å². The molecular weight excluding hydrogens is 342 g/mol. The molecule has 1 aliphatic heterocycles. The Kier molecular flexibility index (Phi) is 4.24. The molecule has 1 amide bonds. The number of nitrogens with zero attached hydrogens (tertiary/aromatic N) is 1. The average molecular weight is 352 g/mol. The molecule has 1 aromatic carbocycles. The summed E-state index contributed by atoms with van der Waals surface area (Å²) < 4.78 is 10.8. The number of benzene rings is 1. The summed E-state index contributed by atoms with van der Waals surface area (Å²) >= 11 is 12.6. The molecule has 0 saturated carbocycles. The maximum Gasteiger partial charge on any atom is 0.270 e. The van der Waals surface area contributed by atoms with Crippen LogP contribution in [0.2, 0.25) is 5.02 Å². The number of hydrogen-bond acceptors (Lipinski definition) is 5. The summed E-state index contributed by atoms with van der Waals surface area (Å²) in [5.41, 5.74) is 0.608. The van der Waals surface area contributed by atoms with Gasteiger partial charge in [-0.3, -0.25) is 9.69 Å². The molecule has 0 spiro atoms. The molecule has 2 aromatic rings. The third kappa shape index (κ3) is 2.77. The van der Waals surface area contributed by atoms with Crippen molar-refractivity contribution in [2.24, 2.45) is 0 Å². The minimum absolute atomic E-state index is 0.201. The fraction of sp³-hybridized carbons (Fsp3) is 0.0667. The van der Waals surface area contributed by atoms with Gasteiger partial charge >= 0.3 is 0 Å². The van der Waals surface area contributed by atoms with Gasteiger partial charge in [0, 0.05) is 6.08 Å². The van der Waals surface area contributed by atoms with Crippen LogP contribution >= 0.6 is 35.6 Å². The molecular formula is C15H10ClNO3S2. The lowest BCUT2D eigenvalue weighted by molar-refractivity contribution is -0.113. The van der Waals surface area contributed by atoms with Gasteiger partial charge in [0.15, 0.2) is 4.32 Å². The minimum atomic E-state index is -0.201. The summed E-state index contributed by atoms with van der Waals surface area (Å²) in [5, 5.41) is 0.420. The highest BCUT2D eigenvalue weighted by molar-refractivity contribution is 8.27. The number of carbonyl (C=O) groups is 1. The van der Waals surface area contributed by atoms with Gasteiger partial charge in [0.2, 0.25) is 0 Å². The van der Waals surface area contributed by atoms with E-state index >= 15 is 0 Å². The maximum absolute atomic E-state index is 12.5. The summed E-state index contributed by atoms with van der Waals surface area (Å²) in [6.45, 7) is 0. The van der Waals surface area contributed by atoms with E-state index in [4.69, 9.17) is 33.0 Å². The monoisotopic (exact) mass is 351 g/mol. The molecule has 2 heterocycles. The Balaban J connectivity index is 1.93. The third-order valence-corrected chi connectivity index (χ3v) is 4.60. The van der Waals surface area contributed by atoms with Crippen LogP contribution in [0, 0.1) is 0 Å². The van der Waals surface area contributed by atoms with Crippen LogP contribution in [0.25, 0.3) is 6.08 Å². The fourth-order valence-corrected chi connectivity index (χ4v) is 3.52. The first-order valence-corrected chi connectivity index (χ1v) is 7.85. The van der Waals surface area contributed by atoms with Gasteiger partial charge in [-0.25, -0.2) is 0 Å². The van der Waals surface area contributed by atoms with Crippen LogP contribution in [0.3, 0.4) is 0 Å². The van der Waals surface area contributed by atoms with E-state index in [1.54, 1.807) is 42.7 Å². The topological polar surface area (TPSA) is 42.7 Å². The second kappa shape index (κ2) is 6.16. The van der Waals surface area contributed by atoms with Crippen molar-refractivity contribution in [1.82, 2.24) is 0 Å². The molecule has 0 radical (unpaired) electrons. The largest absolute Gasteiger partial charge is 0.495 e. The fourth-order valence-electron chi connectivity index (χ4n) is 1.99. The molecule has 1 aliphatic rings. The highest BCUT2D eigenvalue weighted by atomic mass is 35.5. The molecule has 22 heavy (non-hydrogen) atoms. The molecule has 0 N–H and O–H groups in total. The first-order chi connectivity index (χ1) is 10.6. The smallest absolute Gasteiger partial charge is 0.270 e. The molecule has 4 nitrogen and oxygen atoms in total. The molecule has 1 fully saturated rings. The molecule has 0 unspecified atom stereocenters. The summed E-state index contributed by atoms with van der Waals surface area (Å²) in [6, 6.07) is 8.63. The summed E-state index contributed by atoms with van der Waals surface area (Å²) in [7, 11) is 1.53. The van der Waals surface area contributed by atoms with Crippen molar-refractivity contribution in [1.29, 1.82) is 0 Å². The Morgan fingerprint density at radius 1 is 1.41 bits per heavy atom. The molecule has 0 bridgehead atoms. The minimum Gasteiger partial charge on any atom is -0.495 e. The molecule has 3 rings (SSSR count). The number of amides is 1. The zero-order valence-corrected chi connectivity index (χ0v) is 13.8. The van der Waals surface area contributed by atoms with E-state index in [-0.39, 0.29) is 5.91 Å². The highest BCUT2D eigenvalue weighted by Gasteiger charge is 2.33. The lowest BCUT2D eigenvalue weighted by atomic mass is 10.2. The predicted molar refractivity (Wildman–Crippen MR) is 92.4 cm³/mol. The summed E-state index contributed by atoms with van der Waals surface area (Å²) in [6.07, 6.45) is 3.22. The van der Waals surface area contributed by atoms with Crippen molar-refractivity contribution in [3.8, 4) is 5.75 Å². The number of halogens is 1. The highest BCUT2D eigenvalue weighted by Crippen LogP contribution is 2.38. The molecule has 1 aromatic heterocycles. The summed E-state index contributed by atoms with van der Waals surface area (Å²) in [4.78, 5) is 14.5. The second-order valence-corrected chi connectivity index (χ2v) is 6.43. The standard InChI is InChI=1S/C15H10ClNO3S2/c1-19-12-5-4-9(7-11(12)16)17-14(18)13(22-15(17)21)8-10-3-2-6-20-10/h2-8H,1H3/b13-8-. The van der Waals surface area contributed by atoms with E-state index in [0.717, 1.165) is 0 Å². The number of thiocarbonyl (C=S) groups is 1. The van der Waals surface area contributed by atoms with Crippen LogP contribution in [0.15, 0.2) is 45.9 Å². The van der Waals surface area contributed by atoms with E-state index in [9.17, 15) is 4.79 Å². The Bertz CT molecular complexity index is 771. The maximum atomic E-state index is 12.5. The number of ether oxygens (including phenoxy) is 1. The Labute approximate surface area is 141 Å². The Morgan fingerprint density at radius 3 is 2.86 bits per heavy atom. The Morgan fingerprint density at radius 2 is 2.23 bits per heavy atom. The quantitative estimate of drug-likeness (QED) is 0.607. The number of hydrogen-bond donors (Lipinski definition) is 0. The van der Waals surface area contributed by atoms with Crippen LogP contribution in [-0.4, -0.2) is 17.3 Å². The number of carbonyl (C=O) groups excluding carboxylic acids is 1. The number of anilines is 1.